The third-order valence-electron chi connectivity index (χ3n) is 2.92. The lowest BCUT2D eigenvalue weighted by atomic mass is 10.0. The van der Waals surface area contributed by atoms with Crippen molar-refractivity contribution in [2.24, 2.45) is 0 Å². The summed E-state index contributed by atoms with van der Waals surface area (Å²) in [7, 11) is 0. The number of amides is 1. The lowest BCUT2D eigenvalue weighted by Gasteiger charge is -2.28. The van der Waals surface area contributed by atoms with E-state index in [1.165, 1.54) is 0 Å². The largest absolute Gasteiger partial charge is 0.444 e. The van der Waals surface area contributed by atoms with E-state index >= 15 is 0 Å². The van der Waals surface area contributed by atoms with Gasteiger partial charge in [0.05, 0.1) is 0 Å². The average Bonchev–Trinajstić information content (AvgIpc) is 2.37. The minimum Gasteiger partial charge on any atom is -0.444 e. The van der Waals surface area contributed by atoms with Crippen LogP contribution in [0.2, 0.25) is 0 Å². The van der Waals surface area contributed by atoms with E-state index < -0.39 is 34.7 Å². The smallest absolute Gasteiger partial charge is 0.407 e. The van der Waals surface area contributed by atoms with Crippen LogP contribution in [0.1, 0.15) is 40.2 Å². The molecule has 0 heterocycles. The Bertz CT molecular complexity index is 569. The van der Waals surface area contributed by atoms with Crippen molar-refractivity contribution in [1.82, 2.24) is 10.6 Å². The maximum absolute atomic E-state index is 13.6. The first kappa shape index (κ1) is 19.3. The van der Waals surface area contributed by atoms with E-state index in [1.807, 2.05) is 0 Å². The predicted octanol–water partition coefficient (Wildman–Crippen LogP) is 3.50. The first-order chi connectivity index (χ1) is 10.4. The fourth-order valence-electron chi connectivity index (χ4n) is 1.70. The lowest BCUT2D eigenvalue weighted by Crippen LogP contribution is -2.49. The Hall–Kier alpha value is -1.76. The van der Waals surface area contributed by atoms with Gasteiger partial charge in [0.2, 0.25) is 0 Å². The summed E-state index contributed by atoms with van der Waals surface area (Å²) in [4.78, 5) is 11.6. The highest BCUT2D eigenvalue weighted by atomic mass is 19.2. The third kappa shape index (κ3) is 6.90. The van der Waals surface area contributed by atoms with Crippen LogP contribution in [0, 0.1) is 17.5 Å². The summed E-state index contributed by atoms with van der Waals surface area (Å²) in [5, 5.41) is 5.58. The van der Waals surface area contributed by atoms with Gasteiger partial charge >= 0.3 is 6.09 Å². The quantitative estimate of drug-likeness (QED) is 0.812. The number of carbonyl (C=O) groups is 1. The van der Waals surface area contributed by atoms with Crippen molar-refractivity contribution in [3.63, 3.8) is 0 Å². The van der Waals surface area contributed by atoms with Crippen molar-refractivity contribution >= 4 is 6.09 Å². The lowest BCUT2D eigenvalue weighted by molar-refractivity contribution is 0.0513. The molecule has 1 aromatic rings. The van der Waals surface area contributed by atoms with E-state index in [2.05, 4.69) is 10.6 Å². The fourth-order valence-corrected chi connectivity index (χ4v) is 1.70. The normalized spacial score (nSPS) is 12.2. The second-order valence-electron chi connectivity index (χ2n) is 6.95. The van der Waals surface area contributed by atoms with E-state index in [1.54, 1.807) is 34.6 Å². The third-order valence-corrected chi connectivity index (χ3v) is 2.92. The van der Waals surface area contributed by atoms with Gasteiger partial charge in [-0.05, 0) is 40.7 Å². The number of carbonyl (C=O) groups excluding carboxylic acids is 1. The van der Waals surface area contributed by atoms with Crippen molar-refractivity contribution in [3.8, 4) is 0 Å². The molecule has 0 fully saturated rings. The Morgan fingerprint density at radius 2 is 1.61 bits per heavy atom. The average molecular weight is 332 g/mol. The monoisotopic (exact) mass is 332 g/mol. The minimum atomic E-state index is -1.22. The molecule has 0 aliphatic heterocycles. The SMILES string of the molecule is CC(C)(CNC(=O)OC(C)(C)C)NCc1cc(F)c(F)cc1F. The molecule has 130 valence electrons. The first-order valence-electron chi connectivity index (χ1n) is 7.25. The number of rotatable bonds is 5. The zero-order chi connectivity index (χ0) is 17.8. The van der Waals surface area contributed by atoms with Crippen molar-refractivity contribution in [3.05, 3.63) is 35.1 Å². The molecule has 0 aliphatic rings. The summed E-state index contributed by atoms with van der Waals surface area (Å²) >= 11 is 0. The van der Waals surface area contributed by atoms with Gasteiger partial charge in [0.25, 0.3) is 0 Å². The van der Waals surface area contributed by atoms with Crippen LogP contribution in [-0.4, -0.2) is 23.8 Å². The van der Waals surface area contributed by atoms with E-state index in [4.69, 9.17) is 4.74 Å². The van der Waals surface area contributed by atoms with E-state index in [0.29, 0.717) is 6.07 Å². The van der Waals surface area contributed by atoms with Gasteiger partial charge in [0, 0.05) is 30.3 Å². The Morgan fingerprint density at radius 3 is 2.17 bits per heavy atom. The summed E-state index contributed by atoms with van der Waals surface area (Å²) in [6.07, 6.45) is -0.564. The van der Waals surface area contributed by atoms with Crippen LogP contribution in [0.3, 0.4) is 0 Å². The number of nitrogens with one attached hydrogen (secondary N) is 2. The van der Waals surface area contributed by atoms with Crippen molar-refractivity contribution < 1.29 is 22.7 Å². The highest BCUT2D eigenvalue weighted by Gasteiger charge is 2.22. The minimum absolute atomic E-state index is 0.00790. The second-order valence-corrected chi connectivity index (χ2v) is 6.95. The number of halogens is 3. The molecule has 0 bridgehead atoms. The van der Waals surface area contributed by atoms with Crippen LogP contribution in [0.25, 0.3) is 0 Å². The van der Waals surface area contributed by atoms with Gasteiger partial charge < -0.3 is 15.4 Å². The molecule has 1 amide bonds. The van der Waals surface area contributed by atoms with Gasteiger partial charge in [-0.25, -0.2) is 18.0 Å². The second kappa shape index (κ2) is 7.21. The van der Waals surface area contributed by atoms with E-state index in [0.717, 1.165) is 6.07 Å². The zero-order valence-electron chi connectivity index (χ0n) is 14.0. The Morgan fingerprint density at radius 1 is 1.04 bits per heavy atom. The van der Waals surface area contributed by atoms with Crippen molar-refractivity contribution in [2.45, 2.75) is 52.3 Å². The first-order valence-corrected chi connectivity index (χ1v) is 7.25. The molecule has 0 unspecified atom stereocenters. The molecule has 7 heteroatoms. The maximum Gasteiger partial charge on any atom is 0.407 e. The van der Waals surface area contributed by atoms with E-state index in [-0.39, 0.29) is 18.7 Å². The Kier molecular flexibility index (Phi) is 6.04. The molecule has 0 aromatic heterocycles. The summed E-state index contributed by atoms with van der Waals surface area (Å²) in [5.41, 5.74) is -1.20. The van der Waals surface area contributed by atoms with Crippen LogP contribution >= 0.6 is 0 Å². The summed E-state index contributed by atoms with van der Waals surface area (Å²) in [5.74, 6) is -3.16. The van der Waals surface area contributed by atoms with Gasteiger partial charge in [-0.1, -0.05) is 0 Å². The summed E-state index contributed by atoms with van der Waals surface area (Å²) in [6, 6.07) is 1.33. The number of hydrogen-bond acceptors (Lipinski definition) is 3. The molecular formula is C16H23F3N2O2. The molecule has 2 N–H and O–H groups in total. The van der Waals surface area contributed by atoms with Crippen LogP contribution in [0.15, 0.2) is 12.1 Å². The van der Waals surface area contributed by atoms with Crippen LogP contribution in [0.4, 0.5) is 18.0 Å². The summed E-state index contributed by atoms with van der Waals surface area (Å²) < 4.78 is 44.7. The molecule has 23 heavy (non-hydrogen) atoms. The highest BCUT2D eigenvalue weighted by Crippen LogP contribution is 2.15. The number of alkyl carbamates (subject to hydrolysis) is 1. The molecule has 0 saturated heterocycles. The van der Waals surface area contributed by atoms with Crippen LogP contribution < -0.4 is 10.6 Å². The number of benzene rings is 1. The van der Waals surface area contributed by atoms with Gasteiger partial charge in [0.1, 0.15) is 11.4 Å². The Balaban J connectivity index is 2.56. The van der Waals surface area contributed by atoms with Crippen LogP contribution in [-0.2, 0) is 11.3 Å². The fraction of sp³-hybridized carbons (Fsp3) is 0.562. The van der Waals surface area contributed by atoms with Gasteiger partial charge in [0.15, 0.2) is 11.6 Å². The maximum atomic E-state index is 13.6. The van der Waals surface area contributed by atoms with Crippen molar-refractivity contribution in [2.75, 3.05) is 6.54 Å². The van der Waals surface area contributed by atoms with Gasteiger partial charge in [-0.3, -0.25) is 0 Å². The summed E-state index contributed by atoms with van der Waals surface area (Å²) in [6.45, 7) is 9.02. The standard InChI is InChI=1S/C16H23F3N2O2/c1-15(2,3)23-14(22)20-9-16(4,5)21-8-10-6-12(18)13(19)7-11(10)17/h6-7,21H,8-9H2,1-5H3,(H,20,22). The van der Waals surface area contributed by atoms with Gasteiger partial charge in [-0.2, -0.15) is 0 Å². The molecule has 1 aromatic carbocycles. The van der Waals surface area contributed by atoms with E-state index in [9.17, 15) is 18.0 Å². The molecule has 0 atom stereocenters. The number of ether oxygens (including phenoxy) is 1. The molecule has 1 rings (SSSR count). The molecular weight excluding hydrogens is 309 g/mol. The highest BCUT2D eigenvalue weighted by molar-refractivity contribution is 5.67. The Labute approximate surface area is 134 Å². The number of hydrogen-bond donors (Lipinski definition) is 2. The van der Waals surface area contributed by atoms with Gasteiger partial charge in [-0.15, -0.1) is 0 Å². The topological polar surface area (TPSA) is 50.4 Å². The molecule has 0 radical (unpaired) electrons. The molecule has 0 saturated carbocycles. The predicted molar refractivity (Wildman–Crippen MR) is 81.5 cm³/mol. The van der Waals surface area contributed by atoms with Crippen LogP contribution in [0.5, 0.6) is 0 Å². The molecule has 0 spiro atoms. The van der Waals surface area contributed by atoms with Crippen molar-refractivity contribution in [1.29, 1.82) is 0 Å². The zero-order valence-corrected chi connectivity index (χ0v) is 14.0. The molecule has 4 nitrogen and oxygen atoms in total. The molecule has 0 aliphatic carbocycles.